The van der Waals surface area contributed by atoms with Gasteiger partial charge < -0.3 is 10.1 Å². The third-order valence-electron chi connectivity index (χ3n) is 6.94. The smallest absolute Gasteiger partial charge is 0.161 e. The largest absolute Gasteiger partial charge is 0.489 e. The zero-order valence-corrected chi connectivity index (χ0v) is 20.0. The molecule has 0 fully saturated rings. The highest BCUT2D eigenvalue weighted by Gasteiger charge is 2.38. The first kappa shape index (κ1) is 22.3. The van der Waals surface area contributed by atoms with Crippen LogP contribution in [0, 0.1) is 12.7 Å². The van der Waals surface area contributed by atoms with Crippen LogP contribution < -0.4 is 10.1 Å². The van der Waals surface area contributed by atoms with Crippen molar-refractivity contribution in [2.45, 2.75) is 38.7 Å². The van der Waals surface area contributed by atoms with E-state index in [2.05, 4.69) is 5.32 Å². The molecule has 1 aromatic heterocycles. The third kappa shape index (κ3) is 3.98. The number of Topliss-reactive ketones (excluding diaryl/α,β-unsaturated/α-hetero) is 1. The molecular weight excluding hydrogens is 453 g/mol. The predicted molar refractivity (Wildman–Crippen MR) is 137 cm³/mol. The van der Waals surface area contributed by atoms with E-state index in [1.54, 1.807) is 12.1 Å². The molecule has 36 heavy (non-hydrogen) atoms. The van der Waals surface area contributed by atoms with Gasteiger partial charge in [0.05, 0.1) is 11.4 Å². The normalized spacial score (nSPS) is 16.8. The number of allylic oxidation sites excluding steroid dienone is 2. The van der Waals surface area contributed by atoms with Gasteiger partial charge in [-0.2, -0.15) is 5.10 Å². The highest BCUT2D eigenvalue weighted by molar-refractivity contribution is 6.01. The molecule has 1 aliphatic carbocycles. The Hall–Kier alpha value is -4.19. The maximum atomic E-state index is 13.6. The van der Waals surface area contributed by atoms with Gasteiger partial charge in [-0.3, -0.25) is 4.79 Å². The van der Waals surface area contributed by atoms with E-state index in [9.17, 15) is 9.18 Å². The van der Waals surface area contributed by atoms with Crippen molar-refractivity contribution >= 4 is 11.6 Å². The molecule has 3 aromatic carbocycles. The third-order valence-corrected chi connectivity index (χ3v) is 6.94. The van der Waals surface area contributed by atoms with Gasteiger partial charge in [0, 0.05) is 29.2 Å². The number of carbonyl (C=O) groups is 1. The van der Waals surface area contributed by atoms with E-state index in [-0.39, 0.29) is 17.5 Å². The van der Waals surface area contributed by atoms with E-state index >= 15 is 0 Å². The van der Waals surface area contributed by atoms with Gasteiger partial charge in [-0.1, -0.05) is 42.5 Å². The number of anilines is 1. The van der Waals surface area contributed by atoms with Gasteiger partial charge in [-0.25, -0.2) is 9.07 Å². The van der Waals surface area contributed by atoms with Crippen LogP contribution in [0.15, 0.2) is 90.1 Å². The molecule has 1 aliphatic heterocycles. The molecule has 6 heteroatoms. The number of carbonyl (C=O) groups excluding carboxylic acids is 1. The Morgan fingerprint density at radius 2 is 1.75 bits per heavy atom. The summed E-state index contributed by atoms with van der Waals surface area (Å²) in [6, 6.07) is 24.4. The lowest BCUT2D eigenvalue weighted by Gasteiger charge is -2.33. The molecule has 1 N–H and O–H groups in total. The summed E-state index contributed by atoms with van der Waals surface area (Å²) in [5.74, 6) is 1.28. The molecule has 0 unspecified atom stereocenters. The van der Waals surface area contributed by atoms with Gasteiger partial charge in [0.15, 0.2) is 5.78 Å². The van der Waals surface area contributed by atoms with Crippen LogP contribution >= 0.6 is 0 Å². The van der Waals surface area contributed by atoms with Crippen molar-refractivity contribution in [2.24, 2.45) is 0 Å². The number of hydrogen-bond acceptors (Lipinski definition) is 4. The maximum Gasteiger partial charge on any atom is 0.161 e. The second-order valence-electron chi connectivity index (χ2n) is 9.31. The van der Waals surface area contributed by atoms with Gasteiger partial charge in [0.25, 0.3) is 0 Å². The van der Waals surface area contributed by atoms with Gasteiger partial charge >= 0.3 is 0 Å². The summed E-state index contributed by atoms with van der Waals surface area (Å²) in [5, 5.41) is 8.32. The molecule has 0 amide bonds. The molecule has 2 aliphatic rings. The number of rotatable bonds is 5. The van der Waals surface area contributed by atoms with Crippen molar-refractivity contribution in [3.63, 3.8) is 0 Å². The molecule has 0 saturated heterocycles. The fraction of sp³-hybridized carbons (Fsp3) is 0.200. The van der Waals surface area contributed by atoms with E-state index in [0.717, 1.165) is 63.8 Å². The number of hydrogen-bond donors (Lipinski definition) is 1. The summed E-state index contributed by atoms with van der Waals surface area (Å²) in [7, 11) is 0. The average molecular weight is 480 g/mol. The minimum absolute atomic E-state index is 0.178. The van der Waals surface area contributed by atoms with Crippen LogP contribution in [0.1, 0.15) is 47.6 Å². The van der Waals surface area contributed by atoms with Gasteiger partial charge in [0.1, 0.15) is 24.0 Å². The Morgan fingerprint density at radius 1 is 1.00 bits per heavy atom. The van der Waals surface area contributed by atoms with Crippen molar-refractivity contribution < 1.29 is 13.9 Å². The van der Waals surface area contributed by atoms with E-state index in [4.69, 9.17) is 9.84 Å². The number of aryl methyl sites for hydroxylation is 1. The average Bonchev–Trinajstić information content (AvgIpc) is 3.24. The van der Waals surface area contributed by atoms with Crippen molar-refractivity contribution in [1.82, 2.24) is 9.78 Å². The minimum Gasteiger partial charge on any atom is -0.489 e. The van der Waals surface area contributed by atoms with Crippen LogP contribution in [0.5, 0.6) is 5.75 Å². The van der Waals surface area contributed by atoms with E-state index in [1.807, 2.05) is 66.2 Å². The molecular formula is C30H26FN3O2. The Bertz CT molecular complexity index is 1450. The zero-order valence-electron chi connectivity index (χ0n) is 20.0. The first-order chi connectivity index (χ1) is 17.6. The van der Waals surface area contributed by atoms with E-state index in [1.165, 1.54) is 12.1 Å². The fourth-order valence-electron chi connectivity index (χ4n) is 5.22. The van der Waals surface area contributed by atoms with Gasteiger partial charge in [-0.05, 0) is 67.3 Å². The summed E-state index contributed by atoms with van der Waals surface area (Å²) >= 11 is 0. The first-order valence-electron chi connectivity index (χ1n) is 12.2. The maximum absolute atomic E-state index is 13.6. The van der Waals surface area contributed by atoms with Crippen LogP contribution in [0.25, 0.3) is 5.69 Å². The number of benzene rings is 3. The number of fused-ring (bicyclic) bond motifs is 1. The Labute approximate surface area is 209 Å². The topological polar surface area (TPSA) is 56.2 Å². The van der Waals surface area contributed by atoms with Gasteiger partial charge in [0.2, 0.25) is 0 Å². The second kappa shape index (κ2) is 9.11. The number of ether oxygens (including phenoxy) is 1. The standard InChI is InChI=1S/C30H26FN3O2/c1-19-27-28(21-10-16-24(17-11-21)36-18-20-6-3-2-4-7-20)29-25(8-5-9-26(29)35)32-30(27)34(33-19)23-14-12-22(31)13-15-23/h2-4,6-7,10-17,28,32H,5,8-9,18H2,1H3/t28-/m1/s1. The lowest BCUT2D eigenvalue weighted by atomic mass is 9.76. The molecule has 0 spiro atoms. The second-order valence-corrected chi connectivity index (χ2v) is 9.31. The number of nitrogens with one attached hydrogen (secondary N) is 1. The highest BCUT2D eigenvalue weighted by Crippen LogP contribution is 2.47. The number of halogens is 1. The predicted octanol–water partition coefficient (Wildman–Crippen LogP) is 6.46. The van der Waals surface area contributed by atoms with Gasteiger partial charge in [-0.15, -0.1) is 0 Å². The monoisotopic (exact) mass is 479 g/mol. The van der Waals surface area contributed by atoms with Crippen molar-refractivity contribution in [1.29, 1.82) is 0 Å². The van der Waals surface area contributed by atoms with Crippen molar-refractivity contribution in [2.75, 3.05) is 5.32 Å². The van der Waals surface area contributed by atoms with Crippen LogP contribution in [0.4, 0.5) is 10.2 Å². The molecule has 4 aromatic rings. The lowest BCUT2D eigenvalue weighted by Crippen LogP contribution is -2.27. The Kier molecular flexibility index (Phi) is 5.64. The van der Waals surface area contributed by atoms with Crippen LogP contribution in [0.3, 0.4) is 0 Å². The molecule has 180 valence electrons. The quantitative estimate of drug-likeness (QED) is 0.357. The van der Waals surface area contributed by atoms with E-state index < -0.39 is 0 Å². The highest BCUT2D eigenvalue weighted by atomic mass is 19.1. The zero-order chi connectivity index (χ0) is 24.6. The SMILES string of the molecule is Cc1nn(-c2ccc(F)cc2)c2c1[C@@H](c1ccc(OCc3ccccc3)cc1)C1=C(CCCC1=O)N2. The van der Waals surface area contributed by atoms with Crippen LogP contribution in [-0.4, -0.2) is 15.6 Å². The summed E-state index contributed by atoms with van der Waals surface area (Å²) in [5.41, 5.74) is 6.49. The molecule has 0 radical (unpaired) electrons. The summed E-state index contributed by atoms with van der Waals surface area (Å²) in [4.78, 5) is 13.2. The number of aromatic nitrogens is 2. The molecule has 0 saturated carbocycles. The van der Waals surface area contributed by atoms with E-state index in [0.29, 0.717) is 13.0 Å². The molecule has 2 heterocycles. The Balaban J connectivity index is 1.39. The van der Waals surface area contributed by atoms with Crippen molar-refractivity contribution in [3.05, 3.63) is 118 Å². The minimum atomic E-state index is -0.292. The first-order valence-corrected chi connectivity index (χ1v) is 12.2. The number of ketones is 1. The molecule has 5 nitrogen and oxygen atoms in total. The van der Waals surface area contributed by atoms with Crippen molar-refractivity contribution in [3.8, 4) is 11.4 Å². The molecule has 0 bridgehead atoms. The lowest BCUT2D eigenvalue weighted by molar-refractivity contribution is -0.116. The van der Waals surface area contributed by atoms with Crippen LogP contribution in [0.2, 0.25) is 0 Å². The molecule has 6 rings (SSSR count). The molecule has 1 atom stereocenters. The summed E-state index contributed by atoms with van der Waals surface area (Å²) in [6.45, 7) is 2.46. The summed E-state index contributed by atoms with van der Waals surface area (Å²) < 4.78 is 21.4. The number of nitrogens with zero attached hydrogens (tertiary/aromatic N) is 2. The van der Waals surface area contributed by atoms with Crippen LogP contribution in [-0.2, 0) is 11.4 Å². The fourth-order valence-corrected chi connectivity index (χ4v) is 5.22. The summed E-state index contributed by atoms with van der Waals surface area (Å²) in [6.07, 6.45) is 2.18. The Morgan fingerprint density at radius 3 is 2.50 bits per heavy atom.